The highest BCUT2D eigenvalue weighted by atomic mass is 16.5. The maximum Gasteiger partial charge on any atom is 0.317 e. The highest BCUT2D eigenvalue weighted by Gasteiger charge is 2.35. The number of rotatable bonds is 3. The predicted molar refractivity (Wildman–Crippen MR) is 78.5 cm³/mol. The van der Waals surface area contributed by atoms with E-state index in [1.165, 1.54) is 0 Å². The number of methoxy groups -OCH3 is 1. The van der Waals surface area contributed by atoms with Crippen molar-refractivity contribution in [1.82, 2.24) is 20.2 Å². The summed E-state index contributed by atoms with van der Waals surface area (Å²) in [7, 11) is 1.59. The summed E-state index contributed by atoms with van der Waals surface area (Å²) in [6.45, 7) is 5.01. The summed E-state index contributed by atoms with van der Waals surface area (Å²) in [5.41, 5.74) is 0. The zero-order valence-electron chi connectivity index (χ0n) is 12.5. The van der Waals surface area contributed by atoms with Crippen LogP contribution >= 0.6 is 0 Å². The van der Waals surface area contributed by atoms with Gasteiger partial charge in [-0.1, -0.05) is 6.92 Å². The van der Waals surface area contributed by atoms with E-state index in [9.17, 15) is 4.79 Å². The molecule has 1 N–H and O–H groups in total. The molecule has 0 spiro atoms. The van der Waals surface area contributed by atoms with E-state index < -0.39 is 0 Å². The number of nitrogens with zero attached hydrogens (tertiary/aromatic N) is 4. The van der Waals surface area contributed by atoms with E-state index in [4.69, 9.17) is 4.74 Å². The number of urea groups is 1. The zero-order chi connectivity index (χ0) is 14.8. The maximum absolute atomic E-state index is 12.1. The number of carbonyl (C=O) groups is 1. The molecule has 2 heterocycles. The van der Waals surface area contributed by atoms with Gasteiger partial charge in [0.05, 0.1) is 7.11 Å². The Morgan fingerprint density at radius 3 is 2.71 bits per heavy atom. The van der Waals surface area contributed by atoms with E-state index in [-0.39, 0.29) is 6.03 Å². The predicted octanol–water partition coefficient (Wildman–Crippen LogP) is 0.725. The molecule has 1 aliphatic carbocycles. The summed E-state index contributed by atoms with van der Waals surface area (Å²) in [6.07, 6.45) is 2.79. The molecule has 2 unspecified atom stereocenters. The molecule has 3 rings (SSSR count). The molecule has 7 heteroatoms. The Morgan fingerprint density at radius 2 is 2.10 bits per heavy atom. The standard InChI is InChI=1S/C14H21N5O2/c1-10-9-11(10)16-14(20)19-7-5-18(6-8-19)13-15-4-3-12(17-13)21-2/h3-4,10-11H,5-9H2,1-2H3,(H,16,20). The number of aromatic nitrogens is 2. The van der Waals surface area contributed by atoms with Crippen LogP contribution in [-0.2, 0) is 0 Å². The van der Waals surface area contributed by atoms with E-state index in [2.05, 4.69) is 27.1 Å². The number of anilines is 1. The van der Waals surface area contributed by atoms with Crippen molar-refractivity contribution in [2.45, 2.75) is 19.4 Å². The van der Waals surface area contributed by atoms with Gasteiger partial charge in [-0.15, -0.1) is 0 Å². The first-order valence-electron chi connectivity index (χ1n) is 7.35. The van der Waals surface area contributed by atoms with Crippen molar-refractivity contribution in [2.24, 2.45) is 5.92 Å². The van der Waals surface area contributed by atoms with Crippen molar-refractivity contribution >= 4 is 12.0 Å². The Hall–Kier alpha value is -2.05. The van der Waals surface area contributed by atoms with Crippen molar-refractivity contribution in [3.05, 3.63) is 12.3 Å². The SMILES string of the molecule is COc1ccnc(N2CCN(C(=O)NC3CC3C)CC2)n1. The van der Waals surface area contributed by atoms with Gasteiger partial charge in [-0.3, -0.25) is 0 Å². The molecule has 0 radical (unpaired) electrons. The van der Waals surface area contributed by atoms with Gasteiger partial charge in [0.1, 0.15) is 0 Å². The van der Waals surface area contributed by atoms with Crippen LogP contribution in [-0.4, -0.2) is 60.2 Å². The quantitative estimate of drug-likeness (QED) is 0.889. The Morgan fingerprint density at radius 1 is 1.38 bits per heavy atom. The van der Waals surface area contributed by atoms with Crippen LogP contribution in [0.5, 0.6) is 5.88 Å². The van der Waals surface area contributed by atoms with E-state index in [0.29, 0.717) is 36.9 Å². The van der Waals surface area contributed by atoms with Gasteiger partial charge in [0.2, 0.25) is 11.8 Å². The van der Waals surface area contributed by atoms with Crippen molar-refractivity contribution < 1.29 is 9.53 Å². The molecule has 114 valence electrons. The minimum absolute atomic E-state index is 0.0514. The van der Waals surface area contributed by atoms with Crippen molar-refractivity contribution in [3.63, 3.8) is 0 Å². The summed E-state index contributed by atoms with van der Waals surface area (Å²) >= 11 is 0. The minimum atomic E-state index is 0.0514. The second-order valence-electron chi connectivity index (χ2n) is 5.64. The first-order chi connectivity index (χ1) is 10.2. The summed E-state index contributed by atoms with van der Waals surface area (Å²) in [6, 6.07) is 2.15. The number of ether oxygens (including phenoxy) is 1. The van der Waals surface area contributed by atoms with Gasteiger partial charge in [-0.2, -0.15) is 4.98 Å². The normalized spacial score (nSPS) is 24.7. The van der Waals surface area contributed by atoms with E-state index in [1.807, 2.05) is 4.90 Å². The van der Waals surface area contributed by atoms with Crippen LogP contribution in [0.3, 0.4) is 0 Å². The Labute approximate surface area is 124 Å². The third kappa shape index (κ3) is 3.17. The molecule has 1 aliphatic heterocycles. The highest BCUT2D eigenvalue weighted by molar-refractivity contribution is 5.75. The van der Waals surface area contributed by atoms with Crippen molar-refractivity contribution in [1.29, 1.82) is 0 Å². The fourth-order valence-corrected chi connectivity index (χ4v) is 2.48. The van der Waals surface area contributed by atoms with Crippen LogP contribution in [0.15, 0.2) is 12.3 Å². The lowest BCUT2D eigenvalue weighted by Crippen LogP contribution is -2.52. The maximum atomic E-state index is 12.1. The monoisotopic (exact) mass is 291 g/mol. The third-order valence-corrected chi connectivity index (χ3v) is 4.09. The zero-order valence-corrected chi connectivity index (χ0v) is 12.5. The van der Waals surface area contributed by atoms with Gasteiger partial charge in [0.25, 0.3) is 0 Å². The van der Waals surface area contributed by atoms with E-state index in [1.54, 1.807) is 19.4 Å². The van der Waals surface area contributed by atoms with Crippen LogP contribution in [0, 0.1) is 5.92 Å². The molecule has 21 heavy (non-hydrogen) atoms. The number of hydrogen-bond donors (Lipinski definition) is 1. The second kappa shape index (κ2) is 5.75. The lowest BCUT2D eigenvalue weighted by Gasteiger charge is -2.34. The third-order valence-electron chi connectivity index (χ3n) is 4.09. The molecule has 2 amide bonds. The first-order valence-corrected chi connectivity index (χ1v) is 7.35. The number of hydrogen-bond acceptors (Lipinski definition) is 5. The number of nitrogens with one attached hydrogen (secondary N) is 1. The van der Waals surface area contributed by atoms with Crippen LogP contribution in [0.1, 0.15) is 13.3 Å². The molecule has 1 saturated carbocycles. The fourth-order valence-electron chi connectivity index (χ4n) is 2.48. The molecular weight excluding hydrogens is 270 g/mol. The number of piperazine rings is 1. The summed E-state index contributed by atoms with van der Waals surface area (Å²) in [5.74, 6) is 1.84. The van der Waals surface area contributed by atoms with Gasteiger partial charge < -0.3 is 19.9 Å². The van der Waals surface area contributed by atoms with Crippen molar-refractivity contribution in [2.75, 3.05) is 38.2 Å². The molecule has 2 fully saturated rings. The van der Waals surface area contributed by atoms with Gasteiger partial charge in [-0.25, -0.2) is 9.78 Å². The molecule has 2 atom stereocenters. The average Bonchev–Trinajstić information content (AvgIpc) is 3.22. The largest absolute Gasteiger partial charge is 0.481 e. The number of amides is 2. The molecule has 1 saturated heterocycles. The van der Waals surface area contributed by atoms with Crippen LogP contribution in [0.4, 0.5) is 10.7 Å². The van der Waals surface area contributed by atoms with Gasteiger partial charge >= 0.3 is 6.03 Å². The summed E-state index contributed by atoms with van der Waals surface area (Å²) < 4.78 is 5.11. The lowest BCUT2D eigenvalue weighted by atomic mass is 10.3. The Kier molecular flexibility index (Phi) is 3.81. The van der Waals surface area contributed by atoms with Gasteiger partial charge in [0, 0.05) is 44.5 Å². The highest BCUT2D eigenvalue weighted by Crippen LogP contribution is 2.29. The van der Waals surface area contributed by atoms with Crippen LogP contribution in [0.2, 0.25) is 0 Å². The van der Waals surface area contributed by atoms with Crippen molar-refractivity contribution in [3.8, 4) is 5.88 Å². The summed E-state index contributed by atoms with van der Waals surface area (Å²) in [5, 5.41) is 3.06. The van der Waals surface area contributed by atoms with Crippen LogP contribution in [0.25, 0.3) is 0 Å². The molecular formula is C14H21N5O2. The first kappa shape index (κ1) is 13.9. The average molecular weight is 291 g/mol. The lowest BCUT2D eigenvalue weighted by molar-refractivity contribution is 0.193. The Balaban J connectivity index is 1.53. The molecule has 2 aliphatic rings. The molecule has 1 aromatic heterocycles. The van der Waals surface area contributed by atoms with Gasteiger partial charge in [-0.05, 0) is 12.3 Å². The fraction of sp³-hybridized carbons (Fsp3) is 0.643. The molecule has 1 aromatic rings. The topological polar surface area (TPSA) is 70.6 Å². The van der Waals surface area contributed by atoms with Crippen LogP contribution < -0.4 is 15.0 Å². The molecule has 0 aromatic carbocycles. The van der Waals surface area contributed by atoms with Gasteiger partial charge in [0.15, 0.2) is 0 Å². The smallest absolute Gasteiger partial charge is 0.317 e. The molecule has 7 nitrogen and oxygen atoms in total. The summed E-state index contributed by atoms with van der Waals surface area (Å²) in [4.78, 5) is 24.6. The Bertz CT molecular complexity index is 516. The molecule has 0 bridgehead atoms. The van der Waals surface area contributed by atoms with E-state index in [0.717, 1.165) is 19.5 Å². The number of carbonyl (C=O) groups excluding carboxylic acids is 1. The minimum Gasteiger partial charge on any atom is -0.481 e. The second-order valence-corrected chi connectivity index (χ2v) is 5.64. The van der Waals surface area contributed by atoms with E-state index >= 15 is 0 Å².